The molecule has 0 aliphatic heterocycles. The van der Waals surface area contributed by atoms with E-state index in [1.807, 2.05) is 0 Å². The Hall–Kier alpha value is -1.91. The van der Waals surface area contributed by atoms with Crippen molar-refractivity contribution in [1.29, 1.82) is 0 Å². The minimum Gasteiger partial charge on any atom is -0.478 e. The second kappa shape index (κ2) is 4.84. The normalized spacial score (nSPS) is 10.7. The van der Waals surface area contributed by atoms with Gasteiger partial charge in [-0.3, -0.25) is 4.79 Å². The summed E-state index contributed by atoms with van der Waals surface area (Å²) in [7, 11) is 0. The van der Waals surface area contributed by atoms with E-state index in [1.54, 1.807) is 0 Å². The topological polar surface area (TPSA) is 91.7 Å². The van der Waals surface area contributed by atoms with Gasteiger partial charge >= 0.3 is 11.9 Å². The molecule has 5 nitrogen and oxygen atoms in total. The number of ketones is 1. The van der Waals surface area contributed by atoms with Gasteiger partial charge in [-0.15, -0.1) is 0 Å². The van der Waals surface area contributed by atoms with Crippen molar-refractivity contribution in [3.05, 3.63) is 24.3 Å². The van der Waals surface area contributed by atoms with Gasteiger partial charge in [-0.2, -0.15) is 0 Å². The maximum atomic E-state index is 10.6. The Morgan fingerprint density at radius 1 is 0.750 bits per heavy atom. The molecule has 0 fully saturated rings. The van der Waals surface area contributed by atoms with Gasteiger partial charge in [0, 0.05) is 12.2 Å². The molecule has 0 atom stereocenters. The first-order valence-electron chi connectivity index (χ1n) is 2.88. The fraction of sp³-hybridized carbons (Fsp3) is 0. The minimum absolute atomic E-state index is 0.633. The third-order valence-corrected chi connectivity index (χ3v) is 0.780. The zero-order valence-electron chi connectivity index (χ0n) is 5.93. The quantitative estimate of drug-likeness (QED) is 0.572. The third-order valence-electron chi connectivity index (χ3n) is 0.780. The van der Waals surface area contributed by atoms with E-state index >= 15 is 0 Å². The summed E-state index contributed by atoms with van der Waals surface area (Å²) in [5, 5.41) is 16.1. The van der Waals surface area contributed by atoms with Crippen molar-refractivity contribution in [2.75, 3.05) is 0 Å². The van der Waals surface area contributed by atoms with E-state index in [4.69, 9.17) is 10.2 Å². The first kappa shape index (κ1) is 10.1. The van der Waals surface area contributed by atoms with Gasteiger partial charge in [0.1, 0.15) is 0 Å². The molecular formula is C7H6O5. The van der Waals surface area contributed by atoms with Crippen LogP contribution in [0.2, 0.25) is 0 Å². The summed E-state index contributed by atoms with van der Waals surface area (Å²) in [5.74, 6) is -3.20. The smallest absolute Gasteiger partial charge is 0.328 e. The summed E-state index contributed by atoms with van der Waals surface area (Å²) in [6.07, 6.45) is 2.80. The zero-order valence-corrected chi connectivity index (χ0v) is 5.93. The molecule has 0 saturated heterocycles. The number of rotatable bonds is 4. The first-order chi connectivity index (χ1) is 5.52. The maximum absolute atomic E-state index is 10.6. The first-order valence-corrected chi connectivity index (χ1v) is 2.88. The summed E-state index contributed by atoms with van der Waals surface area (Å²) < 4.78 is 0. The van der Waals surface area contributed by atoms with Gasteiger partial charge < -0.3 is 10.2 Å². The number of carboxylic acid groups (broad SMARTS) is 2. The lowest BCUT2D eigenvalue weighted by Crippen LogP contribution is -1.93. The van der Waals surface area contributed by atoms with Crippen molar-refractivity contribution < 1.29 is 24.6 Å². The summed E-state index contributed by atoms with van der Waals surface area (Å²) in [4.78, 5) is 30.3. The van der Waals surface area contributed by atoms with Crippen LogP contribution in [0, 0.1) is 0 Å². The Morgan fingerprint density at radius 3 is 1.33 bits per heavy atom. The molecule has 0 aromatic heterocycles. The molecule has 0 saturated carbocycles. The average molecular weight is 170 g/mol. The predicted octanol–water partition coefficient (Wildman–Crippen LogP) is -0.163. The van der Waals surface area contributed by atoms with Crippen molar-refractivity contribution in [2.24, 2.45) is 0 Å². The van der Waals surface area contributed by atoms with Gasteiger partial charge in [0.2, 0.25) is 0 Å². The Balaban J connectivity index is 4.07. The molecule has 0 amide bonds. The number of carbonyl (C=O) groups is 3. The van der Waals surface area contributed by atoms with E-state index in [0.29, 0.717) is 12.2 Å². The highest BCUT2D eigenvalue weighted by molar-refractivity contribution is 6.04. The van der Waals surface area contributed by atoms with E-state index in [2.05, 4.69) is 0 Å². The molecule has 0 rings (SSSR count). The van der Waals surface area contributed by atoms with Crippen LogP contribution in [0.15, 0.2) is 24.3 Å². The van der Waals surface area contributed by atoms with E-state index in [0.717, 1.165) is 12.2 Å². The molecule has 2 N–H and O–H groups in total. The van der Waals surface area contributed by atoms with Gasteiger partial charge in [-0.05, 0) is 12.2 Å². The monoisotopic (exact) mass is 170 g/mol. The van der Waals surface area contributed by atoms with Gasteiger partial charge in [0.15, 0.2) is 5.78 Å². The highest BCUT2D eigenvalue weighted by atomic mass is 16.4. The number of carbonyl (C=O) groups excluding carboxylic acids is 1. The Morgan fingerprint density at radius 2 is 1.08 bits per heavy atom. The van der Waals surface area contributed by atoms with Crippen LogP contribution in [0.1, 0.15) is 0 Å². The molecule has 0 spiro atoms. The standard InChI is InChI=1S/C7H6O5/c8-5(1-3-6(9)10)2-4-7(11)12/h1-4H,(H,9,10)(H,11,12)/b3-1-,4-2-. The Labute approximate surface area is 67.6 Å². The number of hydrogen-bond acceptors (Lipinski definition) is 3. The van der Waals surface area contributed by atoms with E-state index in [9.17, 15) is 14.4 Å². The maximum Gasteiger partial charge on any atom is 0.328 e. The van der Waals surface area contributed by atoms with Crippen molar-refractivity contribution in [3.63, 3.8) is 0 Å². The van der Waals surface area contributed by atoms with Crippen LogP contribution in [-0.4, -0.2) is 27.9 Å². The lowest BCUT2D eigenvalue weighted by Gasteiger charge is -1.80. The molecule has 64 valence electrons. The zero-order chi connectivity index (χ0) is 9.56. The van der Waals surface area contributed by atoms with Crippen LogP contribution in [0.3, 0.4) is 0 Å². The van der Waals surface area contributed by atoms with Crippen LogP contribution in [0.4, 0.5) is 0 Å². The summed E-state index contributed by atoms with van der Waals surface area (Å²) in [6, 6.07) is 0. The summed E-state index contributed by atoms with van der Waals surface area (Å²) in [5.41, 5.74) is 0. The van der Waals surface area contributed by atoms with Crippen molar-refractivity contribution in [2.45, 2.75) is 0 Å². The number of carboxylic acids is 2. The lowest BCUT2D eigenvalue weighted by molar-refractivity contribution is -0.132. The molecule has 0 bridgehead atoms. The van der Waals surface area contributed by atoms with Crippen LogP contribution in [0.5, 0.6) is 0 Å². The van der Waals surface area contributed by atoms with Gasteiger partial charge in [-0.1, -0.05) is 0 Å². The minimum atomic E-state index is -1.26. The Bertz CT molecular complexity index is 235. The van der Waals surface area contributed by atoms with E-state index in [1.165, 1.54) is 0 Å². The molecule has 5 heteroatoms. The highest BCUT2D eigenvalue weighted by Crippen LogP contribution is 1.81. The molecule has 0 aliphatic carbocycles. The van der Waals surface area contributed by atoms with Crippen LogP contribution >= 0.6 is 0 Å². The average Bonchev–Trinajstić information content (AvgIpc) is 1.96. The SMILES string of the molecule is O=C(O)/C=C\C(=O)/C=C\C(=O)O. The molecule has 0 aliphatic rings. The second-order valence-electron chi connectivity index (χ2n) is 1.75. The van der Waals surface area contributed by atoms with Crippen LogP contribution in [-0.2, 0) is 14.4 Å². The van der Waals surface area contributed by atoms with Gasteiger partial charge in [0.25, 0.3) is 0 Å². The Kier molecular flexibility index (Phi) is 4.07. The molecule has 0 aromatic rings. The molecule has 0 heterocycles. The number of hydrogen-bond donors (Lipinski definition) is 2. The molecule has 0 unspecified atom stereocenters. The van der Waals surface area contributed by atoms with Crippen molar-refractivity contribution in [3.8, 4) is 0 Å². The number of allylic oxidation sites excluding steroid dienone is 2. The fourth-order valence-corrected chi connectivity index (χ4v) is 0.362. The van der Waals surface area contributed by atoms with Crippen LogP contribution < -0.4 is 0 Å². The highest BCUT2D eigenvalue weighted by Gasteiger charge is 1.92. The molecule has 12 heavy (non-hydrogen) atoms. The molecule has 0 radical (unpaired) electrons. The molecule has 0 aromatic carbocycles. The summed E-state index contributed by atoms with van der Waals surface area (Å²) in [6.45, 7) is 0. The van der Waals surface area contributed by atoms with Gasteiger partial charge in [0.05, 0.1) is 0 Å². The second-order valence-corrected chi connectivity index (χ2v) is 1.75. The number of aliphatic carboxylic acids is 2. The van der Waals surface area contributed by atoms with Crippen molar-refractivity contribution in [1.82, 2.24) is 0 Å². The van der Waals surface area contributed by atoms with Crippen molar-refractivity contribution >= 4 is 17.7 Å². The van der Waals surface area contributed by atoms with E-state index in [-0.39, 0.29) is 0 Å². The van der Waals surface area contributed by atoms with Crippen LogP contribution in [0.25, 0.3) is 0 Å². The summed E-state index contributed by atoms with van der Waals surface area (Å²) >= 11 is 0. The lowest BCUT2D eigenvalue weighted by atomic mass is 10.3. The largest absolute Gasteiger partial charge is 0.478 e. The molecular weight excluding hydrogens is 164 g/mol. The predicted molar refractivity (Wildman–Crippen MR) is 38.6 cm³/mol. The van der Waals surface area contributed by atoms with Gasteiger partial charge in [-0.25, -0.2) is 9.59 Å². The fourth-order valence-electron chi connectivity index (χ4n) is 0.362. The van der Waals surface area contributed by atoms with E-state index < -0.39 is 17.7 Å². The third kappa shape index (κ3) is 6.21.